The van der Waals surface area contributed by atoms with Crippen LogP contribution < -0.4 is 4.90 Å². The summed E-state index contributed by atoms with van der Waals surface area (Å²) in [5.74, 6) is -0.620. The molecule has 5 rings (SSSR count). The summed E-state index contributed by atoms with van der Waals surface area (Å²) in [5, 5.41) is 10.2. The quantitative estimate of drug-likeness (QED) is 0.295. The lowest BCUT2D eigenvalue weighted by Gasteiger charge is -2.39. The fourth-order valence-corrected chi connectivity index (χ4v) is 6.43. The summed E-state index contributed by atoms with van der Waals surface area (Å²) in [7, 11) is 1.86. The number of piperidine rings is 1. The summed E-state index contributed by atoms with van der Waals surface area (Å²) >= 11 is 0. The Morgan fingerprint density at radius 2 is 1.93 bits per heavy atom. The number of aromatic carboxylic acids is 1. The Kier molecular flexibility index (Phi) is 8.76. The molecule has 218 valence electrons. The highest BCUT2D eigenvalue weighted by atomic mass is 16.6. The number of benzene rings is 1. The van der Waals surface area contributed by atoms with Gasteiger partial charge in [0.2, 0.25) is 0 Å². The summed E-state index contributed by atoms with van der Waals surface area (Å²) in [6.07, 6.45) is 7.40. The zero-order chi connectivity index (χ0) is 29.1. The molecule has 3 aliphatic rings. The summed E-state index contributed by atoms with van der Waals surface area (Å²) in [6, 6.07) is 12.1. The van der Waals surface area contributed by atoms with E-state index in [9.17, 15) is 14.7 Å². The molecule has 8 nitrogen and oxygen atoms in total. The van der Waals surface area contributed by atoms with Crippen molar-refractivity contribution in [1.29, 1.82) is 0 Å². The smallest absolute Gasteiger partial charge is 0.410 e. The lowest BCUT2D eigenvalue weighted by Crippen LogP contribution is -2.46. The highest BCUT2D eigenvalue weighted by Crippen LogP contribution is 2.40. The number of hydrogen-bond donors (Lipinski definition) is 1. The number of carboxylic acids is 1. The van der Waals surface area contributed by atoms with Gasteiger partial charge >= 0.3 is 12.1 Å². The van der Waals surface area contributed by atoms with Gasteiger partial charge in [-0.1, -0.05) is 49.8 Å². The SMILES string of the molecule is CCC(Cc1ccccc1)c1nc(C(=O)O)cc(N2CC[C@H]3C(=CCN3C(=O)OC(C)C)C2)c1C(=NC)C1CCC1. The number of pyridine rings is 1. The van der Waals surface area contributed by atoms with Gasteiger partial charge in [-0.3, -0.25) is 9.89 Å². The summed E-state index contributed by atoms with van der Waals surface area (Å²) < 4.78 is 5.50. The van der Waals surface area contributed by atoms with Crippen molar-refractivity contribution in [3.05, 3.63) is 70.6 Å². The third-order valence-electron chi connectivity index (χ3n) is 8.75. The molecule has 3 heterocycles. The molecule has 1 amide bonds. The largest absolute Gasteiger partial charge is 0.477 e. The zero-order valence-electron chi connectivity index (χ0n) is 24.7. The molecule has 8 heteroatoms. The maximum absolute atomic E-state index is 12.7. The number of aromatic nitrogens is 1. The van der Waals surface area contributed by atoms with E-state index in [4.69, 9.17) is 14.7 Å². The molecule has 0 bridgehead atoms. The fourth-order valence-electron chi connectivity index (χ4n) is 6.43. The minimum Gasteiger partial charge on any atom is -0.477 e. The van der Waals surface area contributed by atoms with Crippen molar-refractivity contribution in [2.24, 2.45) is 10.9 Å². The van der Waals surface area contributed by atoms with Crippen LogP contribution in [0.5, 0.6) is 0 Å². The number of hydrogen-bond acceptors (Lipinski definition) is 6. The Morgan fingerprint density at radius 1 is 1.17 bits per heavy atom. The Labute approximate surface area is 243 Å². The minimum absolute atomic E-state index is 0.00798. The predicted octanol–water partition coefficient (Wildman–Crippen LogP) is 6.10. The molecule has 0 radical (unpaired) electrons. The van der Waals surface area contributed by atoms with Gasteiger partial charge in [0.25, 0.3) is 0 Å². The van der Waals surface area contributed by atoms with Gasteiger partial charge in [-0.05, 0) is 63.2 Å². The van der Waals surface area contributed by atoms with Gasteiger partial charge in [-0.15, -0.1) is 0 Å². The number of aliphatic imine (C=N–C) groups is 1. The number of rotatable bonds is 9. The van der Waals surface area contributed by atoms with Crippen molar-refractivity contribution < 1.29 is 19.4 Å². The third-order valence-corrected chi connectivity index (χ3v) is 8.75. The van der Waals surface area contributed by atoms with Gasteiger partial charge < -0.3 is 14.7 Å². The lowest BCUT2D eigenvalue weighted by molar-refractivity contribution is 0.0687. The number of carbonyl (C=O) groups is 2. The normalized spacial score (nSPS) is 20.0. The van der Waals surface area contributed by atoms with Gasteiger partial charge in [0.15, 0.2) is 5.69 Å². The molecule has 1 unspecified atom stereocenters. The van der Waals surface area contributed by atoms with E-state index in [2.05, 4.69) is 30.0 Å². The number of amides is 1. The Morgan fingerprint density at radius 3 is 2.54 bits per heavy atom. The van der Waals surface area contributed by atoms with Crippen LogP contribution in [0.1, 0.15) is 86.1 Å². The van der Waals surface area contributed by atoms with Crippen LogP contribution in [-0.4, -0.2) is 71.6 Å². The van der Waals surface area contributed by atoms with E-state index < -0.39 is 5.97 Å². The summed E-state index contributed by atoms with van der Waals surface area (Å²) in [4.78, 5) is 38.9. The molecule has 1 aliphatic carbocycles. The van der Waals surface area contributed by atoms with Crippen LogP contribution in [0.2, 0.25) is 0 Å². The number of ether oxygens (including phenoxy) is 1. The van der Waals surface area contributed by atoms with Crippen LogP contribution in [0.3, 0.4) is 0 Å². The number of fused-ring (bicyclic) bond motifs is 1. The van der Waals surface area contributed by atoms with Crippen LogP contribution in [0.15, 0.2) is 53.0 Å². The monoisotopic (exact) mass is 558 g/mol. The van der Waals surface area contributed by atoms with Crippen LogP contribution in [-0.2, 0) is 11.2 Å². The molecule has 2 atom stereocenters. The Bertz CT molecular complexity index is 1330. The Balaban J connectivity index is 1.56. The van der Waals surface area contributed by atoms with Gasteiger partial charge in [0.05, 0.1) is 23.5 Å². The van der Waals surface area contributed by atoms with Crippen molar-refractivity contribution in [2.75, 3.05) is 31.6 Å². The fraction of sp³-hybridized carbons (Fsp3) is 0.515. The molecule has 1 aromatic carbocycles. The number of carbonyl (C=O) groups excluding carboxylic acids is 1. The molecule has 0 spiro atoms. The van der Waals surface area contributed by atoms with E-state index in [1.165, 1.54) is 17.6 Å². The molecule has 1 aromatic heterocycles. The molecular formula is C33H42N4O4. The van der Waals surface area contributed by atoms with Crippen LogP contribution in [0.4, 0.5) is 10.5 Å². The lowest BCUT2D eigenvalue weighted by atomic mass is 9.76. The van der Waals surface area contributed by atoms with Crippen molar-refractivity contribution in [2.45, 2.75) is 77.4 Å². The van der Waals surface area contributed by atoms with Crippen molar-refractivity contribution in [1.82, 2.24) is 9.88 Å². The summed E-state index contributed by atoms with van der Waals surface area (Å²) in [6.45, 7) is 7.74. The first kappa shape index (κ1) is 28.8. The van der Waals surface area contributed by atoms with Crippen molar-refractivity contribution in [3.63, 3.8) is 0 Å². The predicted molar refractivity (Wildman–Crippen MR) is 161 cm³/mol. The van der Waals surface area contributed by atoms with Crippen LogP contribution in [0.25, 0.3) is 0 Å². The second-order valence-corrected chi connectivity index (χ2v) is 11.7. The van der Waals surface area contributed by atoms with E-state index in [-0.39, 0.29) is 29.9 Å². The first-order valence-electron chi connectivity index (χ1n) is 15.0. The molecular weight excluding hydrogens is 516 g/mol. The van der Waals surface area contributed by atoms with Gasteiger partial charge in [-0.25, -0.2) is 14.6 Å². The molecule has 2 fully saturated rings. The molecule has 41 heavy (non-hydrogen) atoms. The molecule has 2 aliphatic heterocycles. The standard InChI is InChI=1S/C33H42N4O4/c1-5-23(18-22-10-7-6-8-11-22)31-29(30(34-4)24-12-9-13-24)28(19-26(35-31)32(38)39)36-16-15-27-25(20-36)14-17-37(27)33(40)41-21(2)3/h6-8,10-11,14,19,21,23-24,27H,5,9,12-13,15-18,20H2,1-4H3,(H,38,39)/t23?,27-/m0/s1. The molecule has 1 saturated carbocycles. The first-order valence-corrected chi connectivity index (χ1v) is 15.0. The minimum atomic E-state index is -1.02. The van der Waals surface area contributed by atoms with Crippen molar-refractivity contribution >= 4 is 23.5 Å². The maximum atomic E-state index is 12.7. The number of nitrogens with zero attached hydrogens (tertiary/aromatic N) is 4. The highest BCUT2D eigenvalue weighted by molar-refractivity contribution is 6.09. The van der Waals surface area contributed by atoms with Gasteiger partial charge in [-0.2, -0.15) is 0 Å². The van der Waals surface area contributed by atoms with Crippen LogP contribution in [0, 0.1) is 5.92 Å². The molecule has 1 saturated heterocycles. The van der Waals surface area contributed by atoms with E-state index in [1.807, 2.05) is 44.0 Å². The zero-order valence-corrected chi connectivity index (χ0v) is 24.7. The maximum Gasteiger partial charge on any atom is 0.410 e. The van der Waals surface area contributed by atoms with E-state index in [0.29, 0.717) is 25.6 Å². The van der Waals surface area contributed by atoms with Gasteiger partial charge in [0.1, 0.15) is 0 Å². The third kappa shape index (κ3) is 6.02. The van der Waals surface area contributed by atoms with Crippen LogP contribution >= 0.6 is 0 Å². The van der Waals surface area contributed by atoms with E-state index in [1.54, 1.807) is 6.07 Å². The average molecular weight is 559 g/mol. The second kappa shape index (κ2) is 12.5. The first-order chi connectivity index (χ1) is 19.8. The Hall–Kier alpha value is -3.68. The molecule has 2 aromatic rings. The number of anilines is 1. The number of carboxylic acid groups (broad SMARTS) is 1. The van der Waals surface area contributed by atoms with Crippen molar-refractivity contribution in [3.8, 4) is 0 Å². The van der Waals surface area contributed by atoms with Gasteiger partial charge in [0, 0.05) is 49.8 Å². The molecule has 1 N–H and O–H groups in total. The highest BCUT2D eigenvalue weighted by Gasteiger charge is 2.38. The topological polar surface area (TPSA) is 95.3 Å². The average Bonchev–Trinajstić information content (AvgIpc) is 3.36. The van der Waals surface area contributed by atoms with E-state index in [0.717, 1.165) is 54.8 Å². The van der Waals surface area contributed by atoms with E-state index >= 15 is 0 Å². The summed E-state index contributed by atoms with van der Waals surface area (Å²) in [5.41, 5.74) is 6.24. The second-order valence-electron chi connectivity index (χ2n) is 11.7.